The molecule has 2 bridgehead atoms. The van der Waals surface area contributed by atoms with E-state index in [0.717, 1.165) is 24.0 Å². The Morgan fingerprint density at radius 2 is 1.32 bits per heavy atom. The van der Waals surface area contributed by atoms with Gasteiger partial charge in [0.05, 0.1) is 0 Å². The molecule has 1 saturated carbocycles. The van der Waals surface area contributed by atoms with E-state index in [-0.39, 0.29) is 10.8 Å². The first-order valence-electron chi connectivity index (χ1n) is 10.0. The van der Waals surface area contributed by atoms with Crippen LogP contribution in [0.1, 0.15) is 91.2 Å². The Bertz CT molecular complexity index is 610. The summed E-state index contributed by atoms with van der Waals surface area (Å²) >= 11 is 0. The van der Waals surface area contributed by atoms with Crippen LogP contribution in [0.25, 0.3) is 0 Å². The van der Waals surface area contributed by atoms with Crippen molar-refractivity contribution in [2.24, 2.45) is 28.6 Å². The fourth-order valence-corrected chi connectivity index (χ4v) is 5.92. The van der Waals surface area contributed by atoms with Crippen molar-refractivity contribution in [1.29, 1.82) is 0 Å². The summed E-state index contributed by atoms with van der Waals surface area (Å²) < 4.78 is 1.78. The molecule has 2 N–H and O–H groups in total. The first-order valence-corrected chi connectivity index (χ1v) is 10.0. The molecule has 2 aliphatic rings. The minimum atomic E-state index is 0.190. The molecular formula is C22H37NO2. The van der Waals surface area contributed by atoms with Crippen molar-refractivity contribution in [2.45, 2.75) is 86.6 Å². The molecule has 3 nitrogen and oxygen atoms in total. The van der Waals surface area contributed by atoms with Crippen molar-refractivity contribution < 1.29 is 10.2 Å². The zero-order valence-corrected chi connectivity index (χ0v) is 17.3. The van der Waals surface area contributed by atoms with Gasteiger partial charge in [-0.25, -0.2) is 0 Å². The Balaban J connectivity index is 2.12. The summed E-state index contributed by atoms with van der Waals surface area (Å²) in [6, 6.07) is 0. The number of rotatable bonds is 3. The molecule has 142 valence electrons. The van der Waals surface area contributed by atoms with E-state index in [0.29, 0.717) is 47.9 Å². The normalized spacial score (nSPS) is 29.9. The van der Waals surface area contributed by atoms with Gasteiger partial charge in [-0.1, -0.05) is 61.8 Å². The predicted molar refractivity (Wildman–Crippen MR) is 103 cm³/mol. The van der Waals surface area contributed by atoms with Crippen LogP contribution in [0.15, 0.2) is 0 Å². The highest BCUT2D eigenvalue weighted by Crippen LogP contribution is 2.70. The Hall–Kier alpha value is -1.12. The lowest BCUT2D eigenvalue weighted by atomic mass is 9.58. The van der Waals surface area contributed by atoms with Gasteiger partial charge in [0, 0.05) is 17.7 Å². The van der Waals surface area contributed by atoms with Crippen molar-refractivity contribution in [2.75, 3.05) is 0 Å². The van der Waals surface area contributed by atoms with Crippen molar-refractivity contribution in [3.8, 4) is 11.8 Å². The molecule has 0 saturated heterocycles. The van der Waals surface area contributed by atoms with Crippen LogP contribution in [-0.2, 0) is 6.54 Å². The van der Waals surface area contributed by atoms with E-state index < -0.39 is 0 Å². The minimum Gasteiger partial charge on any atom is -0.494 e. The first-order chi connectivity index (χ1) is 11.4. The molecule has 0 spiro atoms. The number of nitrogens with zero attached hydrogens (tertiary/aromatic N) is 1. The van der Waals surface area contributed by atoms with E-state index in [2.05, 4.69) is 55.4 Å². The number of hydrogen-bond donors (Lipinski definition) is 2. The summed E-state index contributed by atoms with van der Waals surface area (Å²) in [7, 11) is 0. The second-order valence-electron chi connectivity index (χ2n) is 10.8. The number of aromatic hydroxyl groups is 2. The topological polar surface area (TPSA) is 45.4 Å². The highest BCUT2D eigenvalue weighted by Gasteiger charge is 2.60. The van der Waals surface area contributed by atoms with Gasteiger partial charge < -0.3 is 10.2 Å². The average molecular weight is 348 g/mol. The van der Waals surface area contributed by atoms with Crippen LogP contribution in [0, 0.1) is 28.6 Å². The third-order valence-electron chi connectivity index (χ3n) is 6.98. The lowest BCUT2D eigenvalue weighted by molar-refractivity contribution is 0.0709. The van der Waals surface area contributed by atoms with Gasteiger partial charge >= 0.3 is 0 Å². The van der Waals surface area contributed by atoms with Gasteiger partial charge in [-0.3, -0.25) is 4.57 Å². The molecule has 1 fully saturated rings. The molecule has 0 amide bonds. The molecule has 2 aliphatic carbocycles. The lowest BCUT2D eigenvalue weighted by Crippen LogP contribution is -2.38. The smallest absolute Gasteiger partial charge is 0.197 e. The highest BCUT2D eigenvalue weighted by atomic mass is 16.3. The number of aromatic nitrogens is 1. The van der Waals surface area contributed by atoms with Gasteiger partial charge in [0.2, 0.25) is 0 Å². The maximum Gasteiger partial charge on any atom is 0.197 e. The maximum absolute atomic E-state index is 11.0. The van der Waals surface area contributed by atoms with Crippen LogP contribution >= 0.6 is 0 Å². The van der Waals surface area contributed by atoms with Gasteiger partial charge in [0.15, 0.2) is 11.8 Å². The Morgan fingerprint density at radius 3 is 1.64 bits per heavy atom. The van der Waals surface area contributed by atoms with Crippen molar-refractivity contribution in [3.63, 3.8) is 0 Å². The molecular weight excluding hydrogens is 310 g/mol. The quantitative estimate of drug-likeness (QED) is 0.720. The number of fused-ring (bicyclic) bond motifs is 5. The molecule has 1 aromatic heterocycles. The second-order valence-corrected chi connectivity index (χ2v) is 10.8. The van der Waals surface area contributed by atoms with E-state index in [4.69, 9.17) is 0 Å². The summed E-state index contributed by atoms with van der Waals surface area (Å²) in [5.74, 6) is 2.92. The molecule has 0 aromatic carbocycles. The van der Waals surface area contributed by atoms with Gasteiger partial charge in [-0.15, -0.1) is 0 Å². The fourth-order valence-electron chi connectivity index (χ4n) is 5.92. The van der Waals surface area contributed by atoms with Crippen molar-refractivity contribution in [3.05, 3.63) is 11.1 Å². The molecule has 25 heavy (non-hydrogen) atoms. The van der Waals surface area contributed by atoms with Gasteiger partial charge in [-0.05, 0) is 46.8 Å². The van der Waals surface area contributed by atoms with Crippen LogP contribution in [0.3, 0.4) is 0 Å². The van der Waals surface area contributed by atoms with E-state index >= 15 is 0 Å². The highest BCUT2D eigenvalue weighted by molar-refractivity contribution is 5.56. The minimum absolute atomic E-state index is 0.190. The Morgan fingerprint density at radius 1 is 0.920 bits per heavy atom. The second kappa shape index (κ2) is 5.69. The molecule has 5 atom stereocenters. The lowest BCUT2D eigenvalue weighted by Gasteiger charge is -2.46. The third kappa shape index (κ3) is 2.69. The summed E-state index contributed by atoms with van der Waals surface area (Å²) in [6.45, 7) is 19.1. The molecule has 1 aromatic rings. The summed E-state index contributed by atoms with van der Waals surface area (Å²) in [5, 5.41) is 21.9. The first kappa shape index (κ1) is 18.7. The van der Waals surface area contributed by atoms with E-state index in [1.807, 2.05) is 0 Å². The van der Waals surface area contributed by atoms with Gasteiger partial charge in [0.1, 0.15) is 0 Å². The zero-order chi connectivity index (χ0) is 18.9. The van der Waals surface area contributed by atoms with Crippen LogP contribution < -0.4 is 0 Å². The third-order valence-corrected chi connectivity index (χ3v) is 6.98. The molecule has 1 heterocycles. The molecule has 0 aliphatic heterocycles. The Kier molecular flexibility index (Phi) is 4.25. The predicted octanol–water partition coefficient (Wildman–Crippen LogP) is 5.85. The largest absolute Gasteiger partial charge is 0.494 e. The van der Waals surface area contributed by atoms with E-state index in [9.17, 15) is 10.2 Å². The van der Waals surface area contributed by atoms with Crippen molar-refractivity contribution in [1.82, 2.24) is 4.57 Å². The van der Waals surface area contributed by atoms with Crippen LogP contribution in [-0.4, -0.2) is 14.8 Å². The van der Waals surface area contributed by atoms with Crippen LogP contribution in [0.2, 0.25) is 0 Å². The summed E-state index contributed by atoms with van der Waals surface area (Å²) in [5.41, 5.74) is 2.50. The van der Waals surface area contributed by atoms with Crippen LogP contribution in [0.5, 0.6) is 11.8 Å². The maximum atomic E-state index is 11.0. The monoisotopic (exact) mass is 347 g/mol. The molecule has 3 heteroatoms. The SMILES string of the molecule is CCC(C)Cn1c(O)c2c(c1O)C1CC2C(C(C)(C)C)C1C(C)(C)C. The average Bonchev–Trinajstić information content (AvgIpc) is 3.11. The molecule has 0 radical (unpaired) electrons. The summed E-state index contributed by atoms with van der Waals surface area (Å²) in [6.07, 6.45) is 2.13. The standard InChI is InChI=1S/C22H37NO2/c1-9-12(2)11-23-19(24)15-13-10-14(16(15)20(23)25)18(22(6,7)8)17(13)21(3,4)5/h12-14,17-18,24-25H,9-11H2,1-8H3. The number of hydrogen-bond acceptors (Lipinski definition) is 2. The van der Waals surface area contributed by atoms with E-state index in [1.54, 1.807) is 4.57 Å². The van der Waals surface area contributed by atoms with Gasteiger partial charge in [-0.2, -0.15) is 0 Å². The van der Waals surface area contributed by atoms with Gasteiger partial charge in [0.25, 0.3) is 0 Å². The van der Waals surface area contributed by atoms with Crippen molar-refractivity contribution >= 4 is 0 Å². The molecule has 3 rings (SSSR count). The summed E-state index contributed by atoms with van der Waals surface area (Å²) in [4.78, 5) is 0. The zero-order valence-electron chi connectivity index (χ0n) is 17.3. The Labute approximate surface area is 153 Å². The van der Waals surface area contributed by atoms with E-state index in [1.165, 1.54) is 0 Å². The molecule has 5 unspecified atom stereocenters. The fraction of sp³-hybridized carbons (Fsp3) is 0.818. The van der Waals surface area contributed by atoms with Crippen LogP contribution in [0.4, 0.5) is 0 Å².